The highest BCUT2D eigenvalue weighted by molar-refractivity contribution is 5.92. The molecule has 1 heterocycles. The molecule has 0 fully saturated rings. The Balaban J connectivity index is 1.88. The standard InChI is InChI=1S/C20H20N2O2/c1-13-4-5-18-17(11-13)19(23)6-7-22(18)12-20(24)21-16-9-14(2)8-15(3)10-16/h4-11H,12H2,1-3H3,(H,21,24). The molecule has 1 aromatic heterocycles. The third kappa shape index (κ3) is 3.38. The summed E-state index contributed by atoms with van der Waals surface area (Å²) in [7, 11) is 0. The third-order valence-corrected chi connectivity index (χ3v) is 3.95. The number of hydrogen-bond acceptors (Lipinski definition) is 2. The first-order chi connectivity index (χ1) is 11.4. The van der Waals surface area contributed by atoms with Gasteiger partial charge in [-0.2, -0.15) is 0 Å². The predicted molar refractivity (Wildman–Crippen MR) is 97.5 cm³/mol. The summed E-state index contributed by atoms with van der Waals surface area (Å²) in [5, 5.41) is 3.56. The number of aryl methyl sites for hydroxylation is 3. The second-order valence-corrected chi connectivity index (χ2v) is 6.25. The van der Waals surface area contributed by atoms with E-state index in [2.05, 4.69) is 11.4 Å². The highest BCUT2D eigenvalue weighted by atomic mass is 16.2. The van der Waals surface area contributed by atoms with Crippen molar-refractivity contribution in [2.24, 2.45) is 0 Å². The molecule has 1 N–H and O–H groups in total. The van der Waals surface area contributed by atoms with Crippen molar-refractivity contribution in [3.05, 3.63) is 75.6 Å². The minimum Gasteiger partial charge on any atom is -0.338 e. The van der Waals surface area contributed by atoms with Gasteiger partial charge in [0.05, 0.1) is 5.52 Å². The molecule has 122 valence electrons. The van der Waals surface area contributed by atoms with Crippen LogP contribution in [0.5, 0.6) is 0 Å². The minimum atomic E-state index is -0.120. The molecular weight excluding hydrogens is 300 g/mol. The summed E-state index contributed by atoms with van der Waals surface area (Å²) in [4.78, 5) is 24.4. The molecule has 0 atom stereocenters. The Morgan fingerprint density at radius 2 is 1.67 bits per heavy atom. The molecule has 24 heavy (non-hydrogen) atoms. The zero-order valence-corrected chi connectivity index (χ0v) is 14.1. The van der Waals surface area contributed by atoms with Crippen molar-refractivity contribution in [1.29, 1.82) is 0 Å². The third-order valence-electron chi connectivity index (χ3n) is 3.95. The van der Waals surface area contributed by atoms with Crippen LogP contribution in [0.15, 0.2) is 53.5 Å². The molecule has 0 radical (unpaired) electrons. The second-order valence-electron chi connectivity index (χ2n) is 6.25. The van der Waals surface area contributed by atoms with Gasteiger partial charge in [0, 0.05) is 23.3 Å². The van der Waals surface area contributed by atoms with Gasteiger partial charge in [-0.25, -0.2) is 0 Å². The van der Waals surface area contributed by atoms with Crippen LogP contribution in [-0.4, -0.2) is 10.5 Å². The number of anilines is 1. The summed E-state index contributed by atoms with van der Waals surface area (Å²) >= 11 is 0. The number of hydrogen-bond donors (Lipinski definition) is 1. The number of aromatic nitrogens is 1. The van der Waals surface area contributed by atoms with Gasteiger partial charge in [0.25, 0.3) is 0 Å². The van der Waals surface area contributed by atoms with Crippen LogP contribution in [0.25, 0.3) is 10.9 Å². The number of nitrogens with one attached hydrogen (secondary N) is 1. The zero-order valence-electron chi connectivity index (χ0n) is 14.1. The molecule has 0 aliphatic carbocycles. The van der Waals surface area contributed by atoms with E-state index in [0.29, 0.717) is 5.39 Å². The van der Waals surface area contributed by atoms with Gasteiger partial charge < -0.3 is 9.88 Å². The van der Waals surface area contributed by atoms with E-state index in [9.17, 15) is 9.59 Å². The summed E-state index contributed by atoms with van der Waals surface area (Å²) in [6.07, 6.45) is 1.67. The maximum atomic E-state index is 12.4. The highest BCUT2D eigenvalue weighted by Gasteiger charge is 2.08. The lowest BCUT2D eigenvalue weighted by molar-refractivity contribution is -0.116. The normalized spacial score (nSPS) is 10.8. The number of rotatable bonds is 3. The molecule has 0 saturated heterocycles. The molecule has 3 rings (SSSR count). The van der Waals surface area contributed by atoms with E-state index in [1.807, 2.05) is 51.1 Å². The maximum Gasteiger partial charge on any atom is 0.244 e. The molecule has 4 nitrogen and oxygen atoms in total. The van der Waals surface area contributed by atoms with E-state index < -0.39 is 0 Å². The van der Waals surface area contributed by atoms with Crippen LogP contribution in [0.4, 0.5) is 5.69 Å². The number of fused-ring (bicyclic) bond motifs is 1. The Kier molecular flexibility index (Phi) is 4.21. The van der Waals surface area contributed by atoms with Crippen molar-refractivity contribution in [2.45, 2.75) is 27.3 Å². The van der Waals surface area contributed by atoms with Gasteiger partial charge in [0.1, 0.15) is 6.54 Å². The van der Waals surface area contributed by atoms with Crippen molar-refractivity contribution < 1.29 is 4.79 Å². The average molecular weight is 320 g/mol. The molecular formula is C20H20N2O2. The van der Waals surface area contributed by atoms with Crippen LogP contribution in [0.2, 0.25) is 0 Å². The molecule has 0 unspecified atom stereocenters. The quantitative estimate of drug-likeness (QED) is 0.802. The Morgan fingerprint density at radius 1 is 0.958 bits per heavy atom. The van der Waals surface area contributed by atoms with E-state index >= 15 is 0 Å². The van der Waals surface area contributed by atoms with E-state index in [1.165, 1.54) is 6.07 Å². The molecule has 0 spiro atoms. The molecule has 1 amide bonds. The summed E-state index contributed by atoms with van der Waals surface area (Å²) in [5.41, 5.74) is 4.77. The SMILES string of the molecule is Cc1cc(C)cc(NC(=O)Cn2ccc(=O)c3cc(C)ccc32)c1. The zero-order chi connectivity index (χ0) is 17.3. The molecule has 3 aromatic rings. The van der Waals surface area contributed by atoms with Crippen molar-refractivity contribution in [3.8, 4) is 0 Å². The van der Waals surface area contributed by atoms with Crippen molar-refractivity contribution in [1.82, 2.24) is 4.57 Å². The first-order valence-corrected chi connectivity index (χ1v) is 7.90. The van der Waals surface area contributed by atoms with Gasteiger partial charge in [-0.3, -0.25) is 9.59 Å². The van der Waals surface area contributed by atoms with Gasteiger partial charge in [-0.1, -0.05) is 17.7 Å². The monoisotopic (exact) mass is 320 g/mol. The van der Waals surface area contributed by atoms with Crippen LogP contribution < -0.4 is 10.7 Å². The lowest BCUT2D eigenvalue weighted by Gasteiger charge is -2.12. The number of amides is 1. The van der Waals surface area contributed by atoms with E-state index in [1.54, 1.807) is 10.8 Å². The fraction of sp³-hybridized carbons (Fsp3) is 0.200. The van der Waals surface area contributed by atoms with Gasteiger partial charge in [0.2, 0.25) is 5.91 Å². The number of pyridine rings is 1. The molecule has 0 bridgehead atoms. The van der Waals surface area contributed by atoms with Crippen LogP contribution in [0, 0.1) is 20.8 Å². The summed E-state index contributed by atoms with van der Waals surface area (Å²) in [5.74, 6) is -0.120. The highest BCUT2D eigenvalue weighted by Crippen LogP contribution is 2.15. The Labute approximate surface area is 140 Å². The summed E-state index contributed by atoms with van der Waals surface area (Å²) < 4.78 is 1.80. The van der Waals surface area contributed by atoms with Gasteiger partial charge in [-0.15, -0.1) is 0 Å². The first kappa shape index (κ1) is 16.0. The fourth-order valence-electron chi connectivity index (χ4n) is 2.97. The molecule has 4 heteroatoms. The molecule has 0 aliphatic rings. The van der Waals surface area contributed by atoms with Gasteiger partial charge >= 0.3 is 0 Å². The van der Waals surface area contributed by atoms with E-state index in [0.717, 1.165) is 27.9 Å². The molecule has 2 aromatic carbocycles. The smallest absolute Gasteiger partial charge is 0.244 e. The number of carbonyl (C=O) groups is 1. The minimum absolute atomic E-state index is 0.0281. The summed E-state index contributed by atoms with van der Waals surface area (Å²) in [6.45, 7) is 6.11. The van der Waals surface area contributed by atoms with Crippen LogP contribution in [-0.2, 0) is 11.3 Å². The molecule has 0 saturated carbocycles. The second kappa shape index (κ2) is 6.32. The van der Waals surface area contributed by atoms with Crippen LogP contribution in [0.3, 0.4) is 0 Å². The van der Waals surface area contributed by atoms with Crippen LogP contribution in [0.1, 0.15) is 16.7 Å². The lowest BCUT2D eigenvalue weighted by atomic mass is 10.1. The van der Waals surface area contributed by atoms with Gasteiger partial charge in [-0.05, 0) is 56.2 Å². The van der Waals surface area contributed by atoms with Crippen LogP contribution >= 0.6 is 0 Å². The Bertz CT molecular complexity index is 966. The lowest BCUT2D eigenvalue weighted by Crippen LogP contribution is -2.20. The predicted octanol–water partition coefficient (Wildman–Crippen LogP) is 3.57. The van der Waals surface area contributed by atoms with E-state index in [-0.39, 0.29) is 17.9 Å². The van der Waals surface area contributed by atoms with Crippen molar-refractivity contribution in [3.63, 3.8) is 0 Å². The number of nitrogens with zero attached hydrogens (tertiary/aromatic N) is 1. The topological polar surface area (TPSA) is 51.1 Å². The summed E-state index contributed by atoms with van der Waals surface area (Å²) in [6, 6.07) is 13.1. The largest absolute Gasteiger partial charge is 0.338 e. The average Bonchev–Trinajstić information content (AvgIpc) is 2.49. The first-order valence-electron chi connectivity index (χ1n) is 7.90. The van der Waals surface area contributed by atoms with Gasteiger partial charge in [0.15, 0.2) is 5.43 Å². The number of carbonyl (C=O) groups excluding carboxylic acids is 1. The number of benzene rings is 2. The Hall–Kier alpha value is -2.88. The fourth-order valence-corrected chi connectivity index (χ4v) is 2.97. The van der Waals surface area contributed by atoms with Crippen molar-refractivity contribution >= 4 is 22.5 Å². The Morgan fingerprint density at radius 3 is 2.38 bits per heavy atom. The maximum absolute atomic E-state index is 12.4. The molecule has 0 aliphatic heterocycles. The van der Waals surface area contributed by atoms with Crippen molar-refractivity contribution in [2.75, 3.05) is 5.32 Å². The van der Waals surface area contributed by atoms with E-state index in [4.69, 9.17) is 0 Å².